The maximum Gasteiger partial charge on any atom is 0.326 e. The van der Waals surface area contributed by atoms with Crippen molar-refractivity contribution in [3.05, 3.63) is 28.3 Å². The maximum atomic E-state index is 11.8. The maximum absolute atomic E-state index is 11.8. The van der Waals surface area contributed by atoms with E-state index in [9.17, 15) is 19.7 Å². The highest BCUT2D eigenvalue weighted by Crippen LogP contribution is 2.30. The van der Waals surface area contributed by atoms with Gasteiger partial charge in [-0.2, -0.15) is 0 Å². The summed E-state index contributed by atoms with van der Waals surface area (Å²) in [6.07, 6.45) is 0. The van der Waals surface area contributed by atoms with Crippen LogP contribution >= 0.6 is 0 Å². The van der Waals surface area contributed by atoms with Gasteiger partial charge >= 0.3 is 11.7 Å². The number of carboxylic acid groups (broad SMARTS) is 1. The third-order valence-corrected chi connectivity index (χ3v) is 3.04. The van der Waals surface area contributed by atoms with Crippen LogP contribution in [0.3, 0.4) is 0 Å². The molecule has 0 aliphatic heterocycles. The highest BCUT2D eigenvalue weighted by molar-refractivity contribution is 5.84. The first-order chi connectivity index (χ1) is 10.3. The Bertz CT molecular complexity index is 588. The van der Waals surface area contributed by atoms with Crippen LogP contribution in [0.2, 0.25) is 0 Å². The molecule has 1 unspecified atom stereocenters. The molecule has 1 atom stereocenters. The number of aliphatic carboxylic acids is 1. The minimum absolute atomic E-state index is 0.00204. The standard InChI is InChI=1S/C13H16N2O7/c1-8(13(17)18)14(2)12(16)7-22-9-4-5-10(15(19)20)11(6-9)21-3/h4-6,8H,7H2,1-3H3,(H,17,18). The van der Waals surface area contributed by atoms with Gasteiger partial charge in [-0.3, -0.25) is 14.9 Å². The molecule has 0 saturated carbocycles. The summed E-state index contributed by atoms with van der Waals surface area (Å²) in [6, 6.07) is 2.82. The molecule has 0 heterocycles. The summed E-state index contributed by atoms with van der Waals surface area (Å²) in [5.41, 5.74) is -0.224. The van der Waals surface area contributed by atoms with Crippen LogP contribution in [0.4, 0.5) is 5.69 Å². The number of carboxylic acids is 1. The molecule has 0 aromatic heterocycles. The van der Waals surface area contributed by atoms with E-state index in [1.54, 1.807) is 0 Å². The molecule has 0 aliphatic rings. The molecule has 0 bridgehead atoms. The van der Waals surface area contributed by atoms with Crippen LogP contribution < -0.4 is 9.47 Å². The highest BCUT2D eigenvalue weighted by Gasteiger charge is 2.22. The predicted molar refractivity (Wildman–Crippen MR) is 75.0 cm³/mol. The molecule has 0 fully saturated rings. The van der Waals surface area contributed by atoms with E-state index in [2.05, 4.69) is 0 Å². The van der Waals surface area contributed by atoms with Gasteiger partial charge in [0.25, 0.3) is 5.91 Å². The van der Waals surface area contributed by atoms with Gasteiger partial charge in [0, 0.05) is 19.2 Å². The van der Waals surface area contributed by atoms with Crippen molar-refractivity contribution in [2.75, 3.05) is 20.8 Å². The Kier molecular flexibility index (Phi) is 5.67. The van der Waals surface area contributed by atoms with E-state index < -0.39 is 29.4 Å². The quantitative estimate of drug-likeness (QED) is 0.587. The second kappa shape index (κ2) is 7.25. The number of nitro benzene ring substituents is 1. The third kappa shape index (κ3) is 4.08. The highest BCUT2D eigenvalue weighted by atomic mass is 16.6. The fraction of sp³-hybridized carbons (Fsp3) is 0.385. The number of nitrogens with zero attached hydrogens (tertiary/aromatic N) is 2. The van der Waals surface area contributed by atoms with Crippen molar-refractivity contribution in [2.24, 2.45) is 0 Å². The Morgan fingerprint density at radius 2 is 2.09 bits per heavy atom. The molecule has 120 valence electrons. The Morgan fingerprint density at radius 3 is 2.59 bits per heavy atom. The number of amides is 1. The minimum atomic E-state index is -1.13. The fourth-order valence-corrected chi connectivity index (χ4v) is 1.53. The van der Waals surface area contributed by atoms with Crippen molar-refractivity contribution in [3.8, 4) is 11.5 Å². The van der Waals surface area contributed by atoms with Gasteiger partial charge in [-0.25, -0.2) is 4.79 Å². The number of benzene rings is 1. The summed E-state index contributed by atoms with van der Waals surface area (Å²) >= 11 is 0. The summed E-state index contributed by atoms with van der Waals surface area (Å²) < 4.78 is 10.1. The lowest BCUT2D eigenvalue weighted by Crippen LogP contribution is -2.42. The first-order valence-corrected chi connectivity index (χ1v) is 6.21. The molecule has 0 aliphatic carbocycles. The van der Waals surface area contributed by atoms with Gasteiger partial charge in [-0.05, 0) is 13.0 Å². The number of carbonyl (C=O) groups excluding carboxylic acids is 1. The summed E-state index contributed by atoms with van der Waals surface area (Å²) in [4.78, 5) is 33.8. The average molecular weight is 312 g/mol. The zero-order chi connectivity index (χ0) is 16.9. The number of hydrogen-bond donors (Lipinski definition) is 1. The van der Waals surface area contributed by atoms with Gasteiger partial charge < -0.3 is 19.5 Å². The molecule has 0 saturated heterocycles. The van der Waals surface area contributed by atoms with Gasteiger partial charge in [0.05, 0.1) is 12.0 Å². The zero-order valence-corrected chi connectivity index (χ0v) is 12.3. The number of ether oxygens (including phenoxy) is 2. The Labute approximate surface area is 126 Å². The number of methoxy groups -OCH3 is 1. The first kappa shape index (κ1) is 17.2. The SMILES string of the molecule is COc1cc(OCC(=O)N(C)C(C)C(=O)O)ccc1[N+](=O)[O-]. The molecule has 9 nitrogen and oxygen atoms in total. The van der Waals surface area contributed by atoms with Crippen molar-refractivity contribution in [3.63, 3.8) is 0 Å². The van der Waals surface area contributed by atoms with Crippen LogP contribution in [-0.2, 0) is 9.59 Å². The lowest BCUT2D eigenvalue weighted by Gasteiger charge is -2.21. The van der Waals surface area contributed by atoms with Crippen LogP contribution in [0.1, 0.15) is 6.92 Å². The summed E-state index contributed by atoms with van der Waals surface area (Å²) in [6.45, 7) is 0.976. The van der Waals surface area contributed by atoms with E-state index in [-0.39, 0.29) is 17.2 Å². The van der Waals surface area contributed by atoms with Crippen LogP contribution in [0, 0.1) is 10.1 Å². The normalized spacial score (nSPS) is 11.4. The van der Waals surface area contributed by atoms with Crippen molar-refractivity contribution in [1.29, 1.82) is 0 Å². The van der Waals surface area contributed by atoms with E-state index in [1.807, 2.05) is 0 Å². The first-order valence-electron chi connectivity index (χ1n) is 6.21. The molecule has 1 N–H and O–H groups in total. The van der Waals surface area contributed by atoms with Gasteiger partial charge in [-0.1, -0.05) is 0 Å². The lowest BCUT2D eigenvalue weighted by molar-refractivity contribution is -0.385. The molecule has 1 rings (SSSR count). The van der Waals surface area contributed by atoms with Crippen LogP contribution in [-0.4, -0.2) is 53.6 Å². The topological polar surface area (TPSA) is 119 Å². The molecule has 1 amide bonds. The monoisotopic (exact) mass is 312 g/mol. The van der Waals surface area contributed by atoms with Gasteiger partial charge in [0.1, 0.15) is 11.8 Å². The van der Waals surface area contributed by atoms with E-state index in [0.29, 0.717) is 0 Å². The molecule has 1 aromatic rings. The van der Waals surface area contributed by atoms with Crippen molar-refractivity contribution in [2.45, 2.75) is 13.0 Å². The van der Waals surface area contributed by atoms with E-state index >= 15 is 0 Å². The largest absolute Gasteiger partial charge is 0.490 e. The number of nitro groups is 1. The second-order valence-corrected chi connectivity index (χ2v) is 4.40. The smallest absolute Gasteiger partial charge is 0.326 e. The van der Waals surface area contributed by atoms with E-state index in [1.165, 1.54) is 39.3 Å². The number of carbonyl (C=O) groups is 2. The molecule has 22 heavy (non-hydrogen) atoms. The van der Waals surface area contributed by atoms with Crippen LogP contribution in [0.5, 0.6) is 11.5 Å². The third-order valence-electron chi connectivity index (χ3n) is 3.04. The van der Waals surface area contributed by atoms with Gasteiger partial charge in [0.15, 0.2) is 6.61 Å². The lowest BCUT2D eigenvalue weighted by atomic mass is 10.3. The second-order valence-electron chi connectivity index (χ2n) is 4.40. The Hall–Kier alpha value is -2.84. The molecule has 1 aromatic carbocycles. The predicted octanol–water partition coefficient (Wildman–Crippen LogP) is 0.914. The van der Waals surface area contributed by atoms with Crippen LogP contribution in [0.15, 0.2) is 18.2 Å². The van der Waals surface area contributed by atoms with Gasteiger partial charge in [0.2, 0.25) is 5.75 Å². The zero-order valence-electron chi connectivity index (χ0n) is 12.3. The number of rotatable bonds is 7. The fourth-order valence-electron chi connectivity index (χ4n) is 1.53. The average Bonchev–Trinajstić information content (AvgIpc) is 2.50. The summed E-state index contributed by atoms with van der Waals surface area (Å²) in [7, 11) is 2.63. The van der Waals surface area contributed by atoms with Crippen molar-refractivity contribution in [1.82, 2.24) is 4.90 Å². The van der Waals surface area contributed by atoms with Crippen molar-refractivity contribution < 1.29 is 29.1 Å². The van der Waals surface area contributed by atoms with E-state index in [4.69, 9.17) is 14.6 Å². The summed E-state index contributed by atoms with van der Waals surface area (Å²) in [5.74, 6) is -1.46. The van der Waals surface area contributed by atoms with Crippen LogP contribution in [0.25, 0.3) is 0 Å². The Morgan fingerprint density at radius 1 is 1.45 bits per heavy atom. The number of likely N-dealkylation sites (N-methyl/N-ethyl adjacent to an activating group) is 1. The van der Waals surface area contributed by atoms with Gasteiger partial charge in [-0.15, -0.1) is 0 Å². The summed E-state index contributed by atoms with van der Waals surface area (Å²) in [5, 5.41) is 19.6. The minimum Gasteiger partial charge on any atom is -0.490 e. The Balaban J connectivity index is 2.74. The number of hydrogen-bond acceptors (Lipinski definition) is 6. The molecular formula is C13H16N2O7. The molecule has 0 radical (unpaired) electrons. The van der Waals surface area contributed by atoms with Crippen molar-refractivity contribution >= 4 is 17.6 Å². The molecule has 0 spiro atoms. The molecular weight excluding hydrogens is 296 g/mol. The molecule has 9 heteroatoms. The van der Waals surface area contributed by atoms with E-state index in [0.717, 1.165) is 4.90 Å².